The first-order valence-electron chi connectivity index (χ1n) is 5.47. The first-order chi connectivity index (χ1) is 7.86. The van der Waals surface area contributed by atoms with Crippen LogP contribution in [0.4, 0.5) is 5.82 Å². The summed E-state index contributed by atoms with van der Waals surface area (Å²) in [7, 11) is 1.85. The molecule has 0 saturated carbocycles. The summed E-state index contributed by atoms with van der Waals surface area (Å²) in [5.74, 6) is 0.836. The summed E-state index contributed by atoms with van der Waals surface area (Å²) in [5.41, 5.74) is 2.14. The normalized spacial score (nSPS) is 10.9. The molecule has 5 heteroatoms. The van der Waals surface area contributed by atoms with Gasteiger partial charge in [-0.1, -0.05) is 0 Å². The van der Waals surface area contributed by atoms with Gasteiger partial charge < -0.3 is 10.4 Å². The fourth-order valence-corrected chi connectivity index (χ4v) is 1.79. The minimum absolute atomic E-state index is 0.250. The number of aromatic nitrogens is 3. The van der Waals surface area contributed by atoms with Gasteiger partial charge in [0.25, 0.3) is 0 Å². The summed E-state index contributed by atoms with van der Waals surface area (Å²) < 4.78 is 1.90. The molecule has 0 saturated heterocycles. The molecule has 0 radical (unpaired) electrons. The number of aliphatic hydroxyl groups is 1. The van der Waals surface area contributed by atoms with E-state index in [9.17, 15) is 0 Å². The highest BCUT2D eigenvalue weighted by molar-refractivity contribution is 5.67. The van der Waals surface area contributed by atoms with E-state index in [2.05, 4.69) is 21.5 Å². The Morgan fingerprint density at radius 3 is 3.00 bits per heavy atom. The molecule has 0 fully saturated rings. The second-order valence-electron chi connectivity index (χ2n) is 3.66. The lowest BCUT2D eigenvalue weighted by atomic mass is 10.2. The van der Waals surface area contributed by atoms with Crippen molar-refractivity contribution in [1.82, 2.24) is 14.6 Å². The third-order valence-corrected chi connectivity index (χ3v) is 2.61. The fraction of sp³-hybridized carbons (Fsp3) is 0.455. The first kappa shape index (κ1) is 10.9. The van der Waals surface area contributed by atoms with Gasteiger partial charge in [0.15, 0.2) is 5.82 Å². The van der Waals surface area contributed by atoms with Gasteiger partial charge in [-0.3, -0.25) is 0 Å². The van der Waals surface area contributed by atoms with Crippen molar-refractivity contribution in [1.29, 1.82) is 0 Å². The molecule has 16 heavy (non-hydrogen) atoms. The molecule has 2 heterocycles. The maximum absolute atomic E-state index is 8.75. The van der Waals surface area contributed by atoms with Crippen LogP contribution in [0.3, 0.4) is 0 Å². The monoisotopic (exact) mass is 220 g/mol. The molecular weight excluding hydrogens is 204 g/mol. The van der Waals surface area contributed by atoms with E-state index in [4.69, 9.17) is 5.11 Å². The van der Waals surface area contributed by atoms with Crippen molar-refractivity contribution < 1.29 is 5.11 Å². The van der Waals surface area contributed by atoms with Crippen LogP contribution >= 0.6 is 0 Å². The van der Waals surface area contributed by atoms with E-state index in [0.29, 0.717) is 0 Å². The van der Waals surface area contributed by atoms with E-state index in [0.717, 1.165) is 36.3 Å². The Kier molecular flexibility index (Phi) is 3.36. The van der Waals surface area contributed by atoms with Gasteiger partial charge in [0.1, 0.15) is 11.8 Å². The zero-order chi connectivity index (χ0) is 11.4. The van der Waals surface area contributed by atoms with Crippen molar-refractivity contribution in [2.24, 2.45) is 0 Å². The SMILES string of the molecule is CNc1ncnn2c(CCCCO)ccc12. The Morgan fingerprint density at radius 2 is 2.25 bits per heavy atom. The summed E-state index contributed by atoms with van der Waals surface area (Å²) in [6.45, 7) is 0.250. The smallest absolute Gasteiger partial charge is 0.153 e. The van der Waals surface area contributed by atoms with E-state index in [1.807, 2.05) is 17.6 Å². The standard InChI is InChI=1S/C11H16N4O/c1-12-11-10-6-5-9(4-2-3-7-16)15(10)14-8-13-11/h5-6,8,16H,2-4,7H2,1H3,(H,12,13,14). The molecule has 0 aliphatic heterocycles. The maximum atomic E-state index is 8.75. The molecule has 0 aromatic carbocycles. The highest BCUT2D eigenvalue weighted by Crippen LogP contribution is 2.16. The average Bonchev–Trinajstić information content (AvgIpc) is 2.73. The number of nitrogens with zero attached hydrogens (tertiary/aromatic N) is 3. The predicted molar refractivity (Wildman–Crippen MR) is 62.6 cm³/mol. The molecule has 2 N–H and O–H groups in total. The summed E-state index contributed by atoms with van der Waals surface area (Å²) in [6.07, 6.45) is 4.28. The van der Waals surface area contributed by atoms with E-state index < -0.39 is 0 Å². The second-order valence-corrected chi connectivity index (χ2v) is 3.66. The van der Waals surface area contributed by atoms with Crippen molar-refractivity contribution in [3.05, 3.63) is 24.2 Å². The molecule has 86 valence electrons. The molecular formula is C11H16N4O. The maximum Gasteiger partial charge on any atom is 0.153 e. The van der Waals surface area contributed by atoms with Gasteiger partial charge in [-0.2, -0.15) is 5.10 Å². The van der Waals surface area contributed by atoms with E-state index >= 15 is 0 Å². The van der Waals surface area contributed by atoms with Gasteiger partial charge in [0.05, 0.1) is 0 Å². The van der Waals surface area contributed by atoms with Crippen LogP contribution in [0.25, 0.3) is 5.52 Å². The largest absolute Gasteiger partial charge is 0.396 e. The third kappa shape index (κ3) is 1.99. The number of nitrogens with one attached hydrogen (secondary N) is 1. The van der Waals surface area contributed by atoms with Crippen LogP contribution in [-0.4, -0.2) is 33.4 Å². The Bertz CT molecular complexity index is 466. The van der Waals surface area contributed by atoms with Crippen LogP contribution in [0, 0.1) is 0 Å². The number of unbranched alkanes of at least 4 members (excludes halogenated alkanes) is 1. The zero-order valence-electron chi connectivity index (χ0n) is 9.35. The summed E-state index contributed by atoms with van der Waals surface area (Å²) in [5, 5.41) is 16.0. The molecule has 0 unspecified atom stereocenters. The van der Waals surface area contributed by atoms with Crippen LogP contribution in [-0.2, 0) is 6.42 Å². The van der Waals surface area contributed by atoms with Crippen LogP contribution in [0.1, 0.15) is 18.5 Å². The van der Waals surface area contributed by atoms with Crippen LogP contribution in [0.15, 0.2) is 18.5 Å². The van der Waals surface area contributed by atoms with Crippen molar-refractivity contribution in [3.8, 4) is 0 Å². The number of fused-ring (bicyclic) bond motifs is 1. The summed E-state index contributed by atoms with van der Waals surface area (Å²) in [6, 6.07) is 4.07. The number of hydrogen-bond acceptors (Lipinski definition) is 4. The van der Waals surface area contributed by atoms with Gasteiger partial charge in [-0.25, -0.2) is 9.50 Å². The van der Waals surface area contributed by atoms with Crippen LogP contribution < -0.4 is 5.32 Å². The van der Waals surface area contributed by atoms with Gasteiger partial charge in [0, 0.05) is 19.3 Å². The molecule has 0 atom stereocenters. The lowest BCUT2D eigenvalue weighted by Crippen LogP contribution is -2.02. The van der Waals surface area contributed by atoms with Gasteiger partial charge in [-0.05, 0) is 31.4 Å². The highest BCUT2D eigenvalue weighted by atomic mass is 16.2. The lowest BCUT2D eigenvalue weighted by molar-refractivity contribution is 0.284. The van der Waals surface area contributed by atoms with Crippen molar-refractivity contribution in [2.45, 2.75) is 19.3 Å². The van der Waals surface area contributed by atoms with E-state index in [-0.39, 0.29) is 6.61 Å². The first-order valence-corrected chi connectivity index (χ1v) is 5.47. The van der Waals surface area contributed by atoms with Gasteiger partial charge in [-0.15, -0.1) is 0 Å². The number of aryl methyl sites for hydroxylation is 1. The molecule has 2 aromatic rings. The number of aliphatic hydroxyl groups excluding tert-OH is 1. The van der Waals surface area contributed by atoms with Crippen molar-refractivity contribution in [2.75, 3.05) is 19.0 Å². The molecule has 0 aliphatic rings. The Balaban J connectivity index is 2.27. The fourth-order valence-electron chi connectivity index (χ4n) is 1.79. The van der Waals surface area contributed by atoms with Gasteiger partial charge >= 0.3 is 0 Å². The number of rotatable bonds is 5. The molecule has 0 spiro atoms. The minimum atomic E-state index is 0.250. The van der Waals surface area contributed by atoms with Crippen molar-refractivity contribution >= 4 is 11.3 Å². The molecule has 0 aliphatic carbocycles. The molecule has 2 rings (SSSR count). The molecule has 0 bridgehead atoms. The second kappa shape index (κ2) is 4.94. The molecule has 0 amide bonds. The quantitative estimate of drug-likeness (QED) is 0.740. The summed E-state index contributed by atoms with van der Waals surface area (Å²) in [4.78, 5) is 4.15. The Hall–Kier alpha value is -1.62. The zero-order valence-corrected chi connectivity index (χ0v) is 9.35. The van der Waals surface area contributed by atoms with Crippen molar-refractivity contribution in [3.63, 3.8) is 0 Å². The van der Waals surface area contributed by atoms with Crippen LogP contribution in [0.5, 0.6) is 0 Å². The average molecular weight is 220 g/mol. The van der Waals surface area contributed by atoms with Gasteiger partial charge in [0.2, 0.25) is 0 Å². The Labute approximate surface area is 94.1 Å². The predicted octanol–water partition coefficient (Wildman–Crippen LogP) is 1.09. The van der Waals surface area contributed by atoms with Crippen LogP contribution in [0.2, 0.25) is 0 Å². The highest BCUT2D eigenvalue weighted by Gasteiger charge is 2.06. The number of hydrogen-bond donors (Lipinski definition) is 2. The third-order valence-electron chi connectivity index (χ3n) is 2.61. The van der Waals surface area contributed by atoms with E-state index in [1.165, 1.54) is 0 Å². The lowest BCUT2D eigenvalue weighted by Gasteiger charge is -2.04. The minimum Gasteiger partial charge on any atom is -0.396 e. The molecule has 2 aromatic heterocycles. The molecule has 5 nitrogen and oxygen atoms in total. The summed E-state index contributed by atoms with van der Waals surface area (Å²) >= 11 is 0. The topological polar surface area (TPSA) is 62.5 Å². The Morgan fingerprint density at radius 1 is 1.38 bits per heavy atom. The number of anilines is 1. The van der Waals surface area contributed by atoms with E-state index in [1.54, 1.807) is 6.33 Å².